The lowest BCUT2D eigenvalue weighted by molar-refractivity contribution is 0.682. The van der Waals surface area contributed by atoms with Crippen LogP contribution in [-0.2, 0) is 0 Å². The smallest absolute Gasteiger partial charge is 0.0438 e. The van der Waals surface area contributed by atoms with Crippen molar-refractivity contribution >= 4 is 11.6 Å². The molecule has 0 fully saturated rings. The average molecular weight is 212 g/mol. The van der Waals surface area contributed by atoms with Gasteiger partial charge in [0.2, 0.25) is 0 Å². The Labute approximate surface area is 91.3 Å². The molecule has 1 atom stereocenters. The standard InChI is InChI=1S/C12H18ClN/c1-8-4-5-11(13)10(3)12(8)9(2)6-7-14/h4-5,9H,6-7,14H2,1-3H3. The van der Waals surface area contributed by atoms with Crippen molar-refractivity contribution in [2.24, 2.45) is 5.73 Å². The van der Waals surface area contributed by atoms with Crippen molar-refractivity contribution in [3.05, 3.63) is 33.8 Å². The minimum atomic E-state index is 0.499. The predicted molar refractivity (Wildman–Crippen MR) is 63.0 cm³/mol. The van der Waals surface area contributed by atoms with E-state index < -0.39 is 0 Å². The molecule has 0 radical (unpaired) electrons. The molecule has 0 saturated heterocycles. The van der Waals surface area contributed by atoms with Gasteiger partial charge in [-0.25, -0.2) is 0 Å². The van der Waals surface area contributed by atoms with E-state index in [1.807, 2.05) is 6.07 Å². The molecule has 0 aliphatic carbocycles. The Hall–Kier alpha value is -0.530. The maximum Gasteiger partial charge on any atom is 0.0438 e. The summed E-state index contributed by atoms with van der Waals surface area (Å²) in [4.78, 5) is 0. The van der Waals surface area contributed by atoms with Crippen LogP contribution in [0.4, 0.5) is 0 Å². The van der Waals surface area contributed by atoms with E-state index in [1.54, 1.807) is 0 Å². The molecule has 0 heterocycles. The molecule has 1 rings (SSSR count). The summed E-state index contributed by atoms with van der Waals surface area (Å²) in [5.41, 5.74) is 9.45. The van der Waals surface area contributed by atoms with E-state index in [4.69, 9.17) is 17.3 Å². The zero-order valence-electron chi connectivity index (χ0n) is 9.10. The van der Waals surface area contributed by atoms with Gasteiger partial charge >= 0.3 is 0 Å². The van der Waals surface area contributed by atoms with Crippen LogP contribution in [0.15, 0.2) is 12.1 Å². The van der Waals surface area contributed by atoms with Gasteiger partial charge in [-0.1, -0.05) is 24.6 Å². The molecule has 0 amide bonds. The van der Waals surface area contributed by atoms with E-state index in [2.05, 4.69) is 26.8 Å². The van der Waals surface area contributed by atoms with Crippen molar-refractivity contribution in [3.8, 4) is 0 Å². The van der Waals surface area contributed by atoms with Gasteiger partial charge in [0.05, 0.1) is 0 Å². The van der Waals surface area contributed by atoms with Gasteiger partial charge in [-0.05, 0) is 55.5 Å². The Morgan fingerprint density at radius 2 is 2.00 bits per heavy atom. The topological polar surface area (TPSA) is 26.0 Å². The summed E-state index contributed by atoms with van der Waals surface area (Å²) in [5.74, 6) is 0.499. The highest BCUT2D eigenvalue weighted by Crippen LogP contribution is 2.30. The van der Waals surface area contributed by atoms with Gasteiger partial charge in [-0.15, -0.1) is 0 Å². The third-order valence-corrected chi connectivity index (χ3v) is 3.17. The molecule has 2 heteroatoms. The lowest BCUT2D eigenvalue weighted by atomic mass is 9.90. The van der Waals surface area contributed by atoms with Crippen LogP contribution < -0.4 is 5.73 Å². The Morgan fingerprint density at radius 3 is 2.57 bits per heavy atom. The van der Waals surface area contributed by atoms with Crippen molar-refractivity contribution < 1.29 is 0 Å². The van der Waals surface area contributed by atoms with E-state index in [1.165, 1.54) is 16.7 Å². The molecule has 0 aromatic heterocycles. The predicted octanol–water partition coefficient (Wildman–Crippen LogP) is 3.41. The van der Waals surface area contributed by atoms with Crippen LogP contribution in [0.25, 0.3) is 0 Å². The first-order valence-corrected chi connectivity index (χ1v) is 5.41. The largest absolute Gasteiger partial charge is 0.330 e. The van der Waals surface area contributed by atoms with Crippen LogP contribution in [-0.4, -0.2) is 6.54 Å². The number of benzene rings is 1. The fourth-order valence-electron chi connectivity index (χ4n) is 1.99. The van der Waals surface area contributed by atoms with Gasteiger partial charge in [0.15, 0.2) is 0 Å². The van der Waals surface area contributed by atoms with Gasteiger partial charge in [0, 0.05) is 5.02 Å². The van der Waals surface area contributed by atoms with Gasteiger partial charge < -0.3 is 5.73 Å². The zero-order chi connectivity index (χ0) is 10.7. The molecule has 1 aromatic rings. The summed E-state index contributed by atoms with van der Waals surface area (Å²) in [6, 6.07) is 4.04. The highest BCUT2D eigenvalue weighted by Gasteiger charge is 2.12. The quantitative estimate of drug-likeness (QED) is 0.815. The maximum atomic E-state index is 6.10. The van der Waals surface area contributed by atoms with Crippen molar-refractivity contribution in [1.29, 1.82) is 0 Å². The molecule has 0 aliphatic rings. The van der Waals surface area contributed by atoms with Crippen LogP contribution in [0.5, 0.6) is 0 Å². The van der Waals surface area contributed by atoms with Crippen LogP contribution >= 0.6 is 11.6 Å². The zero-order valence-corrected chi connectivity index (χ0v) is 9.86. The molecule has 1 nitrogen and oxygen atoms in total. The molecule has 1 unspecified atom stereocenters. The molecule has 0 bridgehead atoms. The van der Waals surface area contributed by atoms with Crippen molar-refractivity contribution in [2.75, 3.05) is 6.54 Å². The lowest BCUT2D eigenvalue weighted by Gasteiger charge is -2.17. The molecule has 2 N–H and O–H groups in total. The van der Waals surface area contributed by atoms with Crippen molar-refractivity contribution in [2.45, 2.75) is 33.1 Å². The van der Waals surface area contributed by atoms with Crippen molar-refractivity contribution in [1.82, 2.24) is 0 Å². The normalized spacial score (nSPS) is 12.9. The SMILES string of the molecule is Cc1ccc(Cl)c(C)c1C(C)CCN. The number of aryl methyl sites for hydroxylation is 1. The molecule has 0 aliphatic heterocycles. The number of hydrogen-bond acceptors (Lipinski definition) is 1. The lowest BCUT2D eigenvalue weighted by Crippen LogP contribution is -2.07. The summed E-state index contributed by atoms with van der Waals surface area (Å²) in [7, 11) is 0. The Balaban J connectivity index is 3.11. The van der Waals surface area contributed by atoms with E-state index in [0.29, 0.717) is 5.92 Å². The first kappa shape index (κ1) is 11.5. The molecule has 0 saturated carbocycles. The second kappa shape index (κ2) is 4.81. The average Bonchev–Trinajstić information content (AvgIpc) is 2.13. The molecule has 14 heavy (non-hydrogen) atoms. The van der Waals surface area contributed by atoms with Gasteiger partial charge in [-0.3, -0.25) is 0 Å². The van der Waals surface area contributed by atoms with Crippen LogP contribution in [0.3, 0.4) is 0 Å². The number of halogens is 1. The highest BCUT2D eigenvalue weighted by molar-refractivity contribution is 6.31. The molecule has 0 spiro atoms. The van der Waals surface area contributed by atoms with E-state index in [0.717, 1.165) is 18.0 Å². The Morgan fingerprint density at radius 1 is 1.36 bits per heavy atom. The molecule has 1 aromatic carbocycles. The van der Waals surface area contributed by atoms with Crippen molar-refractivity contribution in [3.63, 3.8) is 0 Å². The highest BCUT2D eigenvalue weighted by atomic mass is 35.5. The van der Waals surface area contributed by atoms with Crippen LogP contribution in [0.2, 0.25) is 5.02 Å². The first-order valence-electron chi connectivity index (χ1n) is 5.03. The fraction of sp³-hybridized carbons (Fsp3) is 0.500. The minimum Gasteiger partial charge on any atom is -0.330 e. The maximum absolute atomic E-state index is 6.10. The fourth-order valence-corrected chi connectivity index (χ4v) is 2.15. The first-order chi connectivity index (χ1) is 6.57. The molecule has 78 valence electrons. The summed E-state index contributed by atoms with van der Waals surface area (Å²) in [6.45, 7) is 7.15. The van der Waals surface area contributed by atoms with Crippen LogP contribution in [0.1, 0.15) is 36.0 Å². The van der Waals surface area contributed by atoms with E-state index in [9.17, 15) is 0 Å². The van der Waals surface area contributed by atoms with Gasteiger partial charge in [0.25, 0.3) is 0 Å². The van der Waals surface area contributed by atoms with E-state index >= 15 is 0 Å². The number of nitrogens with two attached hydrogens (primary N) is 1. The number of hydrogen-bond donors (Lipinski definition) is 1. The summed E-state index contributed by atoms with van der Waals surface area (Å²) in [5, 5.41) is 0.856. The molecular formula is C12H18ClN. The summed E-state index contributed by atoms with van der Waals surface area (Å²) >= 11 is 6.10. The Kier molecular flexibility index (Phi) is 3.97. The monoisotopic (exact) mass is 211 g/mol. The van der Waals surface area contributed by atoms with Gasteiger partial charge in [-0.2, -0.15) is 0 Å². The summed E-state index contributed by atoms with van der Waals surface area (Å²) < 4.78 is 0. The molecular weight excluding hydrogens is 194 g/mol. The number of rotatable bonds is 3. The third-order valence-electron chi connectivity index (χ3n) is 2.76. The second-order valence-corrected chi connectivity index (χ2v) is 4.29. The van der Waals surface area contributed by atoms with Crippen LogP contribution in [0, 0.1) is 13.8 Å². The van der Waals surface area contributed by atoms with Gasteiger partial charge in [0.1, 0.15) is 0 Å². The van der Waals surface area contributed by atoms with E-state index in [-0.39, 0.29) is 0 Å². The third kappa shape index (κ3) is 2.28. The minimum absolute atomic E-state index is 0.499. The summed E-state index contributed by atoms with van der Waals surface area (Å²) in [6.07, 6.45) is 1.02. The Bertz CT molecular complexity index is 320. The second-order valence-electron chi connectivity index (χ2n) is 3.88.